The first kappa shape index (κ1) is 13.2. The van der Waals surface area contributed by atoms with Gasteiger partial charge in [0.2, 0.25) is 0 Å². The van der Waals surface area contributed by atoms with E-state index in [1.54, 1.807) is 23.0 Å². The van der Waals surface area contributed by atoms with Crippen LogP contribution in [0.25, 0.3) is 22.0 Å². The van der Waals surface area contributed by atoms with Crippen LogP contribution in [0.4, 0.5) is 0 Å². The van der Waals surface area contributed by atoms with Gasteiger partial charge in [0.1, 0.15) is 0 Å². The van der Waals surface area contributed by atoms with Crippen molar-refractivity contribution in [3.05, 3.63) is 28.8 Å². The van der Waals surface area contributed by atoms with Gasteiger partial charge in [-0.1, -0.05) is 23.1 Å². The molecule has 3 rings (SSSR count). The average Bonchev–Trinajstić information content (AvgIpc) is 2.91. The number of thiazole rings is 1. The van der Waals surface area contributed by atoms with Crippen molar-refractivity contribution in [2.45, 2.75) is 17.8 Å². The second-order valence-corrected chi connectivity index (χ2v) is 5.93. The summed E-state index contributed by atoms with van der Waals surface area (Å²) in [5, 5.41) is 0. The monoisotopic (exact) mass is 305 g/mol. The highest BCUT2D eigenvalue weighted by molar-refractivity contribution is 8.00. The molecule has 3 aromatic rings. The van der Waals surface area contributed by atoms with E-state index < -0.39 is 0 Å². The lowest BCUT2D eigenvalue weighted by Crippen LogP contribution is -2.23. The van der Waals surface area contributed by atoms with Crippen molar-refractivity contribution in [3.8, 4) is 11.6 Å². The van der Waals surface area contributed by atoms with E-state index >= 15 is 0 Å². The smallest absolute Gasteiger partial charge is 0.281 e. The first-order valence-electron chi connectivity index (χ1n) is 5.97. The molecule has 3 heterocycles. The molecule has 0 spiro atoms. The third kappa shape index (κ3) is 2.10. The van der Waals surface area contributed by atoms with Gasteiger partial charge in [-0.15, -0.1) is 0 Å². The number of aromatic nitrogens is 5. The minimum atomic E-state index is -0.142. The number of rotatable bonds is 3. The van der Waals surface area contributed by atoms with Crippen LogP contribution in [0.2, 0.25) is 0 Å². The minimum absolute atomic E-state index is 0.142. The summed E-state index contributed by atoms with van der Waals surface area (Å²) >= 11 is 2.92. The lowest BCUT2D eigenvalue weighted by Gasteiger charge is -2.07. The molecule has 0 aliphatic carbocycles. The second kappa shape index (κ2) is 5.29. The fraction of sp³-hybridized carbons (Fsp3) is 0.250. The Morgan fingerprint density at radius 3 is 2.70 bits per heavy atom. The van der Waals surface area contributed by atoms with Gasteiger partial charge in [-0.2, -0.15) is 0 Å². The van der Waals surface area contributed by atoms with Crippen LogP contribution >= 0.6 is 23.1 Å². The number of thioether (sulfide) groups is 1. The highest BCUT2D eigenvalue weighted by Crippen LogP contribution is 2.26. The molecule has 0 saturated heterocycles. The molecule has 0 radical (unpaired) electrons. The second-order valence-electron chi connectivity index (χ2n) is 3.89. The number of nitrogens with zero attached hydrogens (tertiary/aromatic N) is 5. The summed E-state index contributed by atoms with van der Waals surface area (Å²) in [4.78, 5) is 30.3. The maximum absolute atomic E-state index is 12.5. The van der Waals surface area contributed by atoms with E-state index in [4.69, 9.17) is 0 Å². The first-order chi connectivity index (χ1) is 9.74. The molecule has 0 aromatic carbocycles. The van der Waals surface area contributed by atoms with Crippen LogP contribution in [0.5, 0.6) is 0 Å². The summed E-state index contributed by atoms with van der Waals surface area (Å²) in [6, 6.07) is 1.73. The zero-order valence-corrected chi connectivity index (χ0v) is 12.5. The average molecular weight is 305 g/mol. The topological polar surface area (TPSA) is 73.6 Å². The van der Waals surface area contributed by atoms with Gasteiger partial charge < -0.3 is 0 Å². The van der Waals surface area contributed by atoms with Crippen LogP contribution in [0.15, 0.2) is 27.6 Å². The molecule has 0 atom stereocenters. The molecule has 0 amide bonds. The summed E-state index contributed by atoms with van der Waals surface area (Å²) in [6.45, 7) is 2.39. The third-order valence-electron chi connectivity index (χ3n) is 2.76. The van der Waals surface area contributed by atoms with Gasteiger partial charge >= 0.3 is 0 Å². The Balaban J connectivity index is 2.34. The van der Waals surface area contributed by atoms with Crippen LogP contribution in [0, 0.1) is 0 Å². The molecule has 0 bridgehead atoms. The molecule has 8 heteroatoms. The number of hydrogen-bond donors (Lipinski definition) is 0. The molecule has 0 saturated carbocycles. The molecule has 0 fully saturated rings. The van der Waals surface area contributed by atoms with Crippen LogP contribution in [-0.2, 0) is 6.54 Å². The molecule has 6 nitrogen and oxygen atoms in total. The molecule has 0 aliphatic heterocycles. The summed E-state index contributed by atoms with van der Waals surface area (Å²) in [7, 11) is 0. The quantitative estimate of drug-likeness (QED) is 0.690. The number of hydrogen-bond acceptors (Lipinski definition) is 7. The summed E-state index contributed by atoms with van der Waals surface area (Å²) in [5.74, 6) is 0.939. The fourth-order valence-electron chi connectivity index (χ4n) is 1.85. The van der Waals surface area contributed by atoms with Gasteiger partial charge in [0.25, 0.3) is 5.56 Å². The van der Waals surface area contributed by atoms with Crippen molar-refractivity contribution in [1.82, 2.24) is 24.5 Å². The predicted molar refractivity (Wildman–Crippen MR) is 80.2 cm³/mol. The Morgan fingerprint density at radius 1 is 1.30 bits per heavy atom. The summed E-state index contributed by atoms with van der Waals surface area (Å²) in [6.07, 6.45) is 5.20. The zero-order valence-electron chi connectivity index (χ0n) is 10.9. The SMILES string of the molecule is CCn1c(-c2ncccn2)nc2sc(SC)nc2c1=O. The van der Waals surface area contributed by atoms with Crippen LogP contribution < -0.4 is 5.56 Å². The first-order valence-corrected chi connectivity index (χ1v) is 8.01. The molecule has 0 aliphatic rings. The van der Waals surface area contributed by atoms with E-state index in [1.165, 1.54) is 23.1 Å². The highest BCUT2D eigenvalue weighted by Gasteiger charge is 2.16. The molecular weight excluding hydrogens is 294 g/mol. The van der Waals surface area contributed by atoms with Crippen molar-refractivity contribution in [3.63, 3.8) is 0 Å². The van der Waals surface area contributed by atoms with Gasteiger partial charge in [0.05, 0.1) is 0 Å². The maximum Gasteiger partial charge on any atom is 0.281 e. The van der Waals surface area contributed by atoms with E-state index in [0.29, 0.717) is 28.5 Å². The highest BCUT2D eigenvalue weighted by atomic mass is 32.2. The maximum atomic E-state index is 12.5. The molecule has 0 unspecified atom stereocenters. The Hall–Kier alpha value is -1.80. The van der Waals surface area contributed by atoms with E-state index in [-0.39, 0.29) is 5.56 Å². The Kier molecular flexibility index (Phi) is 3.49. The van der Waals surface area contributed by atoms with Gasteiger partial charge in [-0.05, 0) is 19.2 Å². The summed E-state index contributed by atoms with van der Waals surface area (Å²) in [5.41, 5.74) is 0.275. The minimum Gasteiger partial charge on any atom is -0.288 e. The van der Waals surface area contributed by atoms with E-state index in [1.807, 2.05) is 13.2 Å². The van der Waals surface area contributed by atoms with Gasteiger partial charge in [-0.25, -0.2) is 19.9 Å². The van der Waals surface area contributed by atoms with E-state index in [0.717, 1.165) is 4.34 Å². The van der Waals surface area contributed by atoms with Crippen LogP contribution in [0.3, 0.4) is 0 Å². The molecule has 3 aromatic heterocycles. The molecule has 20 heavy (non-hydrogen) atoms. The van der Waals surface area contributed by atoms with Gasteiger partial charge in [-0.3, -0.25) is 9.36 Å². The normalized spacial score (nSPS) is 11.1. The lowest BCUT2D eigenvalue weighted by molar-refractivity contribution is 0.720. The third-order valence-corrected chi connectivity index (χ3v) is 4.69. The van der Waals surface area contributed by atoms with Gasteiger partial charge in [0, 0.05) is 18.9 Å². The lowest BCUT2D eigenvalue weighted by atomic mass is 10.4. The Bertz CT molecular complexity index is 812. The fourth-order valence-corrected chi connectivity index (χ4v) is 3.27. The molecular formula is C12H11N5OS2. The van der Waals surface area contributed by atoms with Gasteiger partial charge in [0.15, 0.2) is 26.3 Å². The molecule has 102 valence electrons. The number of fused-ring (bicyclic) bond motifs is 1. The van der Waals surface area contributed by atoms with E-state index in [2.05, 4.69) is 19.9 Å². The Labute approximate surface area is 122 Å². The van der Waals surface area contributed by atoms with Crippen molar-refractivity contribution >= 4 is 33.4 Å². The molecule has 0 N–H and O–H groups in total. The van der Waals surface area contributed by atoms with Crippen molar-refractivity contribution < 1.29 is 0 Å². The van der Waals surface area contributed by atoms with Crippen molar-refractivity contribution in [2.24, 2.45) is 0 Å². The standard InChI is InChI=1S/C12H11N5OS2/c1-3-17-9(8-13-5-4-6-14-8)16-10-7(11(17)18)15-12(19-2)20-10/h4-6H,3H2,1-2H3. The largest absolute Gasteiger partial charge is 0.288 e. The zero-order chi connectivity index (χ0) is 14.1. The van der Waals surface area contributed by atoms with Crippen LogP contribution in [-0.4, -0.2) is 30.8 Å². The van der Waals surface area contributed by atoms with Crippen LogP contribution in [0.1, 0.15) is 6.92 Å². The predicted octanol–water partition coefficient (Wildman–Crippen LogP) is 2.05. The van der Waals surface area contributed by atoms with Crippen molar-refractivity contribution in [1.29, 1.82) is 0 Å². The van der Waals surface area contributed by atoms with Crippen molar-refractivity contribution in [2.75, 3.05) is 6.26 Å². The summed E-state index contributed by atoms with van der Waals surface area (Å²) < 4.78 is 2.39. The van der Waals surface area contributed by atoms with E-state index in [9.17, 15) is 4.79 Å². The Morgan fingerprint density at radius 2 is 2.05 bits per heavy atom.